The normalized spacial score (nSPS) is 16.3. The molecule has 128 valence electrons. The first-order valence-electron chi connectivity index (χ1n) is 8.71. The van der Waals surface area contributed by atoms with Crippen LogP contribution in [-0.4, -0.2) is 0 Å². The Hall–Kier alpha value is 0. The van der Waals surface area contributed by atoms with E-state index in [1.165, 1.54) is 6.42 Å². The van der Waals surface area contributed by atoms with Crippen molar-refractivity contribution in [3.8, 4) is 0 Å². The topological polar surface area (TPSA) is 0 Å². The Morgan fingerprint density at radius 3 is 0.571 bits per heavy atom. The lowest BCUT2D eigenvalue weighted by molar-refractivity contribution is -0.122. The summed E-state index contributed by atoms with van der Waals surface area (Å²) >= 11 is 0. The van der Waals surface area contributed by atoms with Gasteiger partial charge in [0.05, 0.1) is 0 Å². The third kappa shape index (κ3) is 3.67. The molecule has 0 saturated carbocycles. The van der Waals surface area contributed by atoms with E-state index in [0.717, 1.165) is 0 Å². The van der Waals surface area contributed by atoms with Crippen molar-refractivity contribution in [1.29, 1.82) is 0 Å². The van der Waals surface area contributed by atoms with Crippen molar-refractivity contribution in [2.75, 3.05) is 0 Å². The van der Waals surface area contributed by atoms with Gasteiger partial charge in [0.25, 0.3) is 0 Å². The first kappa shape index (κ1) is 21.0. The van der Waals surface area contributed by atoms with Gasteiger partial charge >= 0.3 is 0 Å². The summed E-state index contributed by atoms with van der Waals surface area (Å²) in [6.45, 7) is 34.1. The molecule has 0 unspecified atom stereocenters. The summed E-state index contributed by atoms with van der Waals surface area (Å²) in [7, 11) is 0. The monoisotopic (exact) mass is 296 g/mol. The molecule has 0 heteroatoms. The lowest BCUT2D eigenvalue weighted by Crippen LogP contribution is -2.53. The molecule has 0 rings (SSSR count). The first-order chi connectivity index (χ1) is 8.71. The van der Waals surface area contributed by atoms with Crippen LogP contribution in [0.4, 0.5) is 0 Å². The van der Waals surface area contributed by atoms with Crippen LogP contribution in [0.2, 0.25) is 0 Å². The highest BCUT2D eigenvalue weighted by molar-refractivity contribution is 5.05. The summed E-state index contributed by atoms with van der Waals surface area (Å²) in [6, 6.07) is 0. The van der Waals surface area contributed by atoms with Gasteiger partial charge in [0, 0.05) is 0 Å². The predicted molar refractivity (Wildman–Crippen MR) is 98.7 cm³/mol. The van der Waals surface area contributed by atoms with Crippen LogP contribution in [0.3, 0.4) is 0 Å². The average Bonchev–Trinajstić information content (AvgIpc) is 2.09. The fourth-order valence-electron chi connectivity index (χ4n) is 4.02. The summed E-state index contributed by atoms with van der Waals surface area (Å²) in [6.07, 6.45) is 1.25. The van der Waals surface area contributed by atoms with Gasteiger partial charge in [0.15, 0.2) is 0 Å². The second-order valence-corrected chi connectivity index (χ2v) is 11.8. The molecule has 0 heterocycles. The Morgan fingerprint density at radius 2 is 0.476 bits per heavy atom. The van der Waals surface area contributed by atoms with E-state index in [2.05, 4.69) is 96.9 Å². The molecule has 0 radical (unpaired) electrons. The van der Waals surface area contributed by atoms with Gasteiger partial charge in [0.1, 0.15) is 0 Å². The number of hydrogen-bond acceptors (Lipinski definition) is 0. The van der Waals surface area contributed by atoms with Crippen LogP contribution in [-0.2, 0) is 0 Å². The molecule has 0 N–H and O–H groups in total. The minimum Gasteiger partial charge on any atom is -0.0596 e. The van der Waals surface area contributed by atoms with Gasteiger partial charge in [-0.15, -0.1) is 0 Å². The quantitative estimate of drug-likeness (QED) is 0.493. The molecule has 21 heavy (non-hydrogen) atoms. The molecule has 0 fully saturated rings. The summed E-state index contributed by atoms with van der Waals surface area (Å²) in [5.41, 5.74) is 1.67. The Kier molecular flexibility index (Phi) is 5.27. The molecule has 0 aliphatic rings. The fraction of sp³-hybridized carbons (Fsp3) is 1.00. The lowest BCUT2D eigenvalue weighted by Gasteiger charge is -2.61. The third-order valence-electron chi connectivity index (χ3n) is 7.33. The molecule has 0 aromatic carbocycles. The number of rotatable bonds is 2. The summed E-state index contributed by atoms with van der Waals surface area (Å²) in [5, 5.41) is 0. The standard InChI is InChI=1S/C21H44/c1-16(2,3)20(13,17(4,5)6)15-21(14,18(7,8)9)19(10,11)12/h15H2,1-14H3. The zero-order valence-corrected chi connectivity index (χ0v) is 17.7. The predicted octanol–water partition coefficient (Wildman–Crippen LogP) is 7.57. The van der Waals surface area contributed by atoms with Crippen molar-refractivity contribution in [2.24, 2.45) is 32.5 Å². The van der Waals surface area contributed by atoms with Gasteiger partial charge in [-0.05, 0) is 38.9 Å². The average molecular weight is 297 g/mol. The van der Waals surface area contributed by atoms with E-state index in [9.17, 15) is 0 Å². The first-order valence-corrected chi connectivity index (χ1v) is 8.71. The van der Waals surface area contributed by atoms with Crippen LogP contribution in [0, 0.1) is 32.5 Å². The Balaban J connectivity index is 6.15. The van der Waals surface area contributed by atoms with E-state index in [1.54, 1.807) is 0 Å². The van der Waals surface area contributed by atoms with Crippen LogP contribution in [0.15, 0.2) is 0 Å². The minimum absolute atomic E-state index is 0.273. The van der Waals surface area contributed by atoms with Gasteiger partial charge in [-0.1, -0.05) is 96.9 Å². The van der Waals surface area contributed by atoms with Crippen molar-refractivity contribution in [1.82, 2.24) is 0 Å². The molecular weight excluding hydrogens is 252 g/mol. The maximum atomic E-state index is 2.52. The van der Waals surface area contributed by atoms with Crippen LogP contribution in [0.1, 0.15) is 103 Å². The second kappa shape index (κ2) is 5.27. The minimum atomic E-state index is 0.273. The van der Waals surface area contributed by atoms with Gasteiger partial charge < -0.3 is 0 Å². The number of hydrogen-bond donors (Lipinski definition) is 0. The highest BCUT2D eigenvalue weighted by Crippen LogP contribution is 2.64. The lowest BCUT2D eigenvalue weighted by atomic mass is 9.43. The Morgan fingerprint density at radius 1 is 0.333 bits per heavy atom. The van der Waals surface area contributed by atoms with Crippen molar-refractivity contribution in [3.05, 3.63) is 0 Å². The molecule has 0 saturated heterocycles. The Bertz CT molecular complexity index is 279. The molecular formula is C21H44. The van der Waals surface area contributed by atoms with Gasteiger partial charge in [0.2, 0.25) is 0 Å². The van der Waals surface area contributed by atoms with Crippen LogP contribution >= 0.6 is 0 Å². The molecule has 0 aromatic rings. The summed E-state index contributed by atoms with van der Waals surface area (Å²) in [4.78, 5) is 0. The van der Waals surface area contributed by atoms with E-state index < -0.39 is 0 Å². The second-order valence-electron chi connectivity index (χ2n) is 11.8. The smallest absolute Gasteiger partial charge is 0.0223 e. The van der Waals surface area contributed by atoms with Gasteiger partial charge in [-0.2, -0.15) is 0 Å². The van der Waals surface area contributed by atoms with Crippen LogP contribution in [0.25, 0.3) is 0 Å². The fourth-order valence-corrected chi connectivity index (χ4v) is 4.02. The SMILES string of the molecule is CC(C)(C)C(C)(CC(C)(C(C)(C)C)C(C)(C)C)C(C)(C)C. The van der Waals surface area contributed by atoms with Crippen molar-refractivity contribution < 1.29 is 0 Å². The molecule has 0 aromatic heterocycles. The molecule has 0 aliphatic heterocycles. The molecule has 0 aliphatic carbocycles. The molecule has 0 atom stereocenters. The third-order valence-corrected chi connectivity index (χ3v) is 7.33. The van der Waals surface area contributed by atoms with Crippen molar-refractivity contribution in [2.45, 2.75) is 103 Å². The van der Waals surface area contributed by atoms with E-state index >= 15 is 0 Å². The largest absolute Gasteiger partial charge is 0.0596 e. The maximum absolute atomic E-state index is 2.52. The van der Waals surface area contributed by atoms with E-state index in [0.29, 0.717) is 0 Å². The highest BCUT2D eigenvalue weighted by atomic mass is 14.6. The maximum Gasteiger partial charge on any atom is -0.0223 e. The summed E-state index contributed by atoms with van der Waals surface area (Å²) in [5.74, 6) is 0. The highest BCUT2D eigenvalue weighted by Gasteiger charge is 2.56. The van der Waals surface area contributed by atoms with E-state index in [4.69, 9.17) is 0 Å². The van der Waals surface area contributed by atoms with Crippen LogP contribution < -0.4 is 0 Å². The van der Waals surface area contributed by atoms with Gasteiger partial charge in [-0.3, -0.25) is 0 Å². The van der Waals surface area contributed by atoms with Crippen LogP contribution in [0.5, 0.6) is 0 Å². The molecule has 0 spiro atoms. The summed E-state index contributed by atoms with van der Waals surface area (Å²) < 4.78 is 0. The zero-order chi connectivity index (χ0) is 17.7. The zero-order valence-electron chi connectivity index (χ0n) is 17.7. The van der Waals surface area contributed by atoms with E-state index in [-0.39, 0.29) is 32.5 Å². The molecule has 0 bridgehead atoms. The Labute approximate surface area is 136 Å². The molecule has 0 amide bonds. The van der Waals surface area contributed by atoms with E-state index in [1.807, 2.05) is 0 Å². The van der Waals surface area contributed by atoms with Crippen molar-refractivity contribution in [3.63, 3.8) is 0 Å². The van der Waals surface area contributed by atoms with Gasteiger partial charge in [-0.25, -0.2) is 0 Å². The molecule has 0 nitrogen and oxygen atoms in total. The van der Waals surface area contributed by atoms with Crippen molar-refractivity contribution >= 4 is 0 Å².